The minimum Gasteiger partial charge on any atom is -0.479 e. The van der Waals surface area contributed by atoms with Crippen molar-refractivity contribution in [3.05, 3.63) is 24.3 Å². The molecule has 0 unspecified atom stereocenters. The maximum atomic E-state index is 11.4. The van der Waals surface area contributed by atoms with Crippen molar-refractivity contribution in [2.75, 3.05) is 17.8 Å². The first-order chi connectivity index (χ1) is 9.06. The molecule has 0 spiro atoms. The Morgan fingerprint density at radius 3 is 2.47 bits per heavy atom. The van der Waals surface area contributed by atoms with E-state index < -0.39 is 12.1 Å². The predicted octanol–water partition coefficient (Wildman–Crippen LogP) is 2.19. The molecule has 1 amide bonds. The van der Waals surface area contributed by atoms with E-state index in [0.29, 0.717) is 18.0 Å². The highest BCUT2D eigenvalue weighted by molar-refractivity contribution is 6.29. The Labute approximate surface area is 116 Å². The summed E-state index contributed by atoms with van der Waals surface area (Å²) in [6.07, 6.45) is -0.678. The minimum atomic E-state index is -0.678. The standard InChI is InChI=1S/C13H16ClNO4/c1-3-18-13(17)9(2)19-11-6-4-10(5-7-11)15-12(16)8-14/h4-7,9H,3,8H2,1-2H3,(H,15,16)/t9-/m1/s1. The number of benzene rings is 1. The zero-order valence-electron chi connectivity index (χ0n) is 10.8. The second-order valence-corrected chi connectivity index (χ2v) is 3.99. The Hall–Kier alpha value is -1.75. The SMILES string of the molecule is CCOC(=O)[C@@H](C)Oc1ccc(NC(=O)CCl)cc1. The molecule has 1 aromatic rings. The van der Waals surface area contributed by atoms with E-state index in [1.807, 2.05) is 0 Å². The summed E-state index contributed by atoms with van der Waals surface area (Å²) >= 11 is 5.38. The highest BCUT2D eigenvalue weighted by Gasteiger charge is 2.15. The van der Waals surface area contributed by atoms with Crippen molar-refractivity contribution in [2.45, 2.75) is 20.0 Å². The summed E-state index contributed by atoms with van der Waals surface area (Å²) in [6.45, 7) is 3.66. The predicted molar refractivity (Wildman–Crippen MR) is 72.5 cm³/mol. The van der Waals surface area contributed by atoms with E-state index in [-0.39, 0.29) is 11.8 Å². The Balaban J connectivity index is 2.56. The van der Waals surface area contributed by atoms with Crippen LogP contribution in [-0.4, -0.2) is 30.5 Å². The van der Waals surface area contributed by atoms with Gasteiger partial charge in [-0.25, -0.2) is 4.79 Å². The molecule has 5 nitrogen and oxygen atoms in total. The maximum Gasteiger partial charge on any atom is 0.347 e. The van der Waals surface area contributed by atoms with E-state index in [9.17, 15) is 9.59 Å². The van der Waals surface area contributed by atoms with Crippen LogP contribution in [0.5, 0.6) is 5.75 Å². The number of hydrogen-bond donors (Lipinski definition) is 1. The van der Waals surface area contributed by atoms with Crippen LogP contribution in [0.4, 0.5) is 5.69 Å². The molecule has 104 valence electrons. The molecule has 6 heteroatoms. The molecule has 1 aromatic carbocycles. The van der Waals surface area contributed by atoms with Gasteiger partial charge in [0.05, 0.1) is 6.61 Å². The molecule has 0 saturated heterocycles. The molecular formula is C13H16ClNO4. The third kappa shape index (κ3) is 5.18. The molecule has 0 aliphatic rings. The number of carbonyl (C=O) groups is 2. The van der Waals surface area contributed by atoms with Crippen molar-refractivity contribution in [3.63, 3.8) is 0 Å². The van der Waals surface area contributed by atoms with E-state index in [2.05, 4.69) is 5.32 Å². The van der Waals surface area contributed by atoms with Gasteiger partial charge in [0, 0.05) is 5.69 Å². The maximum absolute atomic E-state index is 11.4. The number of anilines is 1. The minimum absolute atomic E-state index is 0.0991. The molecule has 0 aliphatic heterocycles. The van der Waals surface area contributed by atoms with Crippen molar-refractivity contribution in [3.8, 4) is 5.75 Å². The van der Waals surface area contributed by atoms with Crippen molar-refractivity contribution in [2.24, 2.45) is 0 Å². The number of nitrogens with one attached hydrogen (secondary N) is 1. The van der Waals surface area contributed by atoms with Gasteiger partial charge in [0.25, 0.3) is 0 Å². The summed E-state index contributed by atoms with van der Waals surface area (Å²) in [5, 5.41) is 2.60. The highest BCUT2D eigenvalue weighted by atomic mass is 35.5. The van der Waals surface area contributed by atoms with Crippen LogP contribution in [0.3, 0.4) is 0 Å². The molecular weight excluding hydrogens is 270 g/mol. The second-order valence-electron chi connectivity index (χ2n) is 3.72. The largest absolute Gasteiger partial charge is 0.479 e. The number of carbonyl (C=O) groups excluding carboxylic acids is 2. The van der Waals surface area contributed by atoms with Gasteiger partial charge < -0.3 is 14.8 Å². The number of amides is 1. The normalized spacial score (nSPS) is 11.5. The van der Waals surface area contributed by atoms with E-state index >= 15 is 0 Å². The molecule has 0 radical (unpaired) electrons. The van der Waals surface area contributed by atoms with E-state index in [1.165, 1.54) is 0 Å². The van der Waals surface area contributed by atoms with Gasteiger partial charge in [0.1, 0.15) is 11.6 Å². The van der Waals surface area contributed by atoms with E-state index in [1.54, 1.807) is 38.1 Å². The van der Waals surface area contributed by atoms with Crippen LogP contribution in [0.1, 0.15) is 13.8 Å². The molecule has 0 heterocycles. The van der Waals surface area contributed by atoms with Crippen LogP contribution in [0.2, 0.25) is 0 Å². The second kappa shape index (κ2) is 7.63. The number of hydrogen-bond acceptors (Lipinski definition) is 4. The molecule has 1 atom stereocenters. The van der Waals surface area contributed by atoms with Gasteiger partial charge in [-0.3, -0.25) is 4.79 Å². The summed E-state index contributed by atoms with van der Waals surface area (Å²) in [6, 6.07) is 6.63. The Morgan fingerprint density at radius 1 is 1.32 bits per heavy atom. The van der Waals surface area contributed by atoms with Gasteiger partial charge in [-0.15, -0.1) is 11.6 Å². The van der Waals surface area contributed by atoms with Gasteiger partial charge in [-0.2, -0.15) is 0 Å². The Kier molecular flexibility index (Phi) is 6.15. The Bertz CT molecular complexity index is 433. The van der Waals surface area contributed by atoms with Crippen LogP contribution in [0.15, 0.2) is 24.3 Å². The molecule has 1 rings (SSSR count). The van der Waals surface area contributed by atoms with Gasteiger partial charge >= 0.3 is 5.97 Å². The first-order valence-electron chi connectivity index (χ1n) is 5.86. The number of esters is 1. The van der Waals surface area contributed by atoms with Crippen molar-refractivity contribution >= 4 is 29.2 Å². The van der Waals surface area contributed by atoms with E-state index in [0.717, 1.165) is 0 Å². The molecule has 0 fully saturated rings. The van der Waals surface area contributed by atoms with Gasteiger partial charge in [0.2, 0.25) is 5.91 Å². The summed E-state index contributed by atoms with van der Waals surface area (Å²) in [7, 11) is 0. The fourth-order valence-electron chi connectivity index (χ4n) is 1.32. The molecule has 0 saturated carbocycles. The molecule has 1 N–H and O–H groups in total. The monoisotopic (exact) mass is 285 g/mol. The lowest BCUT2D eigenvalue weighted by molar-refractivity contribution is -0.150. The highest BCUT2D eigenvalue weighted by Crippen LogP contribution is 2.17. The number of rotatable bonds is 6. The lowest BCUT2D eigenvalue weighted by Crippen LogP contribution is -2.26. The van der Waals surface area contributed by atoms with Crippen LogP contribution >= 0.6 is 11.6 Å². The van der Waals surface area contributed by atoms with Gasteiger partial charge in [0.15, 0.2) is 6.10 Å². The molecule has 19 heavy (non-hydrogen) atoms. The summed E-state index contributed by atoms with van der Waals surface area (Å²) in [5.74, 6) is -0.278. The van der Waals surface area contributed by atoms with Crippen LogP contribution in [0, 0.1) is 0 Å². The third-order valence-electron chi connectivity index (χ3n) is 2.19. The number of ether oxygens (including phenoxy) is 2. The zero-order valence-corrected chi connectivity index (χ0v) is 11.6. The first kappa shape index (κ1) is 15.3. The topological polar surface area (TPSA) is 64.6 Å². The molecule has 0 aromatic heterocycles. The van der Waals surface area contributed by atoms with E-state index in [4.69, 9.17) is 21.1 Å². The fourth-order valence-corrected chi connectivity index (χ4v) is 1.39. The summed E-state index contributed by atoms with van der Waals surface area (Å²) < 4.78 is 10.2. The smallest absolute Gasteiger partial charge is 0.347 e. The van der Waals surface area contributed by atoms with Crippen molar-refractivity contribution in [1.29, 1.82) is 0 Å². The Morgan fingerprint density at radius 2 is 1.95 bits per heavy atom. The zero-order chi connectivity index (χ0) is 14.3. The number of halogens is 1. The van der Waals surface area contributed by atoms with Crippen LogP contribution in [-0.2, 0) is 14.3 Å². The van der Waals surface area contributed by atoms with Crippen molar-refractivity contribution < 1.29 is 19.1 Å². The first-order valence-corrected chi connectivity index (χ1v) is 6.39. The van der Waals surface area contributed by atoms with Crippen LogP contribution in [0.25, 0.3) is 0 Å². The third-order valence-corrected chi connectivity index (χ3v) is 2.43. The average Bonchev–Trinajstić information content (AvgIpc) is 2.41. The molecule has 0 bridgehead atoms. The molecule has 0 aliphatic carbocycles. The van der Waals surface area contributed by atoms with Gasteiger partial charge in [-0.05, 0) is 38.1 Å². The number of alkyl halides is 1. The summed E-state index contributed by atoms with van der Waals surface area (Å²) in [5.41, 5.74) is 0.613. The lowest BCUT2D eigenvalue weighted by atomic mass is 10.3. The van der Waals surface area contributed by atoms with Crippen LogP contribution < -0.4 is 10.1 Å². The lowest BCUT2D eigenvalue weighted by Gasteiger charge is -2.13. The quantitative estimate of drug-likeness (QED) is 0.643. The summed E-state index contributed by atoms with van der Waals surface area (Å²) in [4.78, 5) is 22.4. The fraction of sp³-hybridized carbons (Fsp3) is 0.385. The van der Waals surface area contributed by atoms with Gasteiger partial charge in [-0.1, -0.05) is 0 Å². The van der Waals surface area contributed by atoms with Crippen molar-refractivity contribution in [1.82, 2.24) is 0 Å². The average molecular weight is 286 g/mol.